The normalized spacial score (nSPS) is 10.5. The fraction of sp³-hybridized carbons (Fsp3) is 0.111. The summed E-state index contributed by atoms with van der Waals surface area (Å²) in [4.78, 5) is 24.0. The average molecular weight is 390 g/mol. The van der Waals surface area contributed by atoms with Gasteiger partial charge in [-0.1, -0.05) is 15.9 Å². The van der Waals surface area contributed by atoms with Gasteiger partial charge in [0.15, 0.2) is 5.78 Å². The SMILES string of the molecule is COc1ccc(NC(=O)/C=C/C(=O)c2ccc(Br)cc2)c(OC)c1. The van der Waals surface area contributed by atoms with Gasteiger partial charge in [0.05, 0.1) is 19.9 Å². The summed E-state index contributed by atoms with van der Waals surface area (Å²) in [5, 5.41) is 2.66. The minimum absolute atomic E-state index is 0.251. The highest BCUT2D eigenvalue weighted by atomic mass is 79.9. The molecule has 0 unspecified atom stereocenters. The summed E-state index contributed by atoms with van der Waals surface area (Å²) in [7, 11) is 3.04. The van der Waals surface area contributed by atoms with E-state index in [1.54, 1.807) is 49.6 Å². The standard InChI is InChI=1S/C18H16BrNO4/c1-23-14-7-8-15(17(11-14)24-2)20-18(22)10-9-16(21)12-3-5-13(19)6-4-12/h3-11H,1-2H3,(H,20,22)/b10-9+. The molecule has 0 atom stereocenters. The fourth-order valence-electron chi connectivity index (χ4n) is 1.94. The second-order valence-electron chi connectivity index (χ2n) is 4.76. The highest BCUT2D eigenvalue weighted by molar-refractivity contribution is 9.10. The predicted molar refractivity (Wildman–Crippen MR) is 95.8 cm³/mol. The van der Waals surface area contributed by atoms with Crippen LogP contribution in [0.3, 0.4) is 0 Å². The van der Waals surface area contributed by atoms with Crippen molar-refractivity contribution in [1.82, 2.24) is 0 Å². The monoisotopic (exact) mass is 389 g/mol. The Morgan fingerprint density at radius 1 is 1.00 bits per heavy atom. The number of hydrogen-bond donors (Lipinski definition) is 1. The Morgan fingerprint density at radius 3 is 2.33 bits per heavy atom. The number of benzene rings is 2. The van der Waals surface area contributed by atoms with Crippen LogP contribution in [0, 0.1) is 0 Å². The number of amides is 1. The molecule has 2 aromatic rings. The van der Waals surface area contributed by atoms with Gasteiger partial charge in [-0.05, 0) is 42.5 Å². The molecular formula is C18H16BrNO4. The lowest BCUT2D eigenvalue weighted by Crippen LogP contribution is -2.10. The van der Waals surface area contributed by atoms with Crippen LogP contribution in [0.25, 0.3) is 0 Å². The van der Waals surface area contributed by atoms with Gasteiger partial charge in [0.25, 0.3) is 0 Å². The lowest BCUT2D eigenvalue weighted by Gasteiger charge is -2.10. The smallest absolute Gasteiger partial charge is 0.248 e. The third-order valence-electron chi connectivity index (χ3n) is 3.18. The van der Waals surface area contributed by atoms with Gasteiger partial charge >= 0.3 is 0 Å². The molecule has 0 fully saturated rings. The van der Waals surface area contributed by atoms with Gasteiger partial charge in [-0.25, -0.2) is 0 Å². The molecular weight excluding hydrogens is 374 g/mol. The van der Waals surface area contributed by atoms with E-state index in [4.69, 9.17) is 9.47 Å². The Balaban J connectivity index is 2.05. The van der Waals surface area contributed by atoms with Gasteiger partial charge in [0.2, 0.25) is 5.91 Å². The molecule has 0 saturated carbocycles. The van der Waals surface area contributed by atoms with Crippen LogP contribution in [0.1, 0.15) is 10.4 Å². The Morgan fingerprint density at radius 2 is 1.71 bits per heavy atom. The van der Waals surface area contributed by atoms with Gasteiger partial charge in [-0.2, -0.15) is 0 Å². The zero-order valence-corrected chi connectivity index (χ0v) is 14.8. The van der Waals surface area contributed by atoms with E-state index in [1.807, 2.05) is 0 Å². The second kappa shape index (κ2) is 8.31. The minimum Gasteiger partial charge on any atom is -0.497 e. The van der Waals surface area contributed by atoms with Gasteiger partial charge in [0, 0.05) is 22.2 Å². The number of ether oxygens (including phenoxy) is 2. The summed E-state index contributed by atoms with van der Waals surface area (Å²) < 4.78 is 11.2. The fourth-order valence-corrected chi connectivity index (χ4v) is 2.20. The summed E-state index contributed by atoms with van der Waals surface area (Å²) in [5.41, 5.74) is 0.994. The third-order valence-corrected chi connectivity index (χ3v) is 3.71. The zero-order chi connectivity index (χ0) is 17.5. The van der Waals surface area contributed by atoms with Crippen molar-refractivity contribution >= 4 is 33.3 Å². The summed E-state index contributed by atoms with van der Waals surface area (Å²) in [6, 6.07) is 11.9. The summed E-state index contributed by atoms with van der Waals surface area (Å²) in [6.07, 6.45) is 2.42. The number of hydrogen-bond acceptors (Lipinski definition) is 4. The molecule has 0 spiro atoms. The van der Waals surface area contributed by atoms with Crippen LogP contribution >= 0.6 is 15.9 Å². The first-order valence-electron chi connectivity index (χ1n) is 7.04. The molecule has 0 aromatic heterocycles. The van der Waals surface area contributed by atoms with E-state index in [0.29, 0.717) is 22.7 Å². The molecule has 0 aliphatic rings. The molecule has 1 amide bonds. The maximum Gasteiger partial charge on any atom is 0.248 e. The summed E-state index contributed by atoms with van der Waals surface area (Å²) in [5.74, 6) is 0.407. The van der Waals surface area contributed by atoms with E-state index in [2.05, 4.69) is 21.2 Å². The van der Waals surface area contributed by atoms with Gasteiger partial charge in [-0.3, -0.25) is 9.59 Å². The number of ketones is 1. The number of carbonyl (C=O) groups is 2. The van der Waals surface area contributed by atoms with Crippen LogP contribution in [0.4, 0.5) is 5.69 Å². The van der Waals surface area contributed by atoms with Gasteiger partial charge in [0.1, 0.15) is 11.5 Å². The summed E-state index contributed by atoms with van der Waals surface area (Å²) >= 11 is 3.30. The lowest BCUT2D eigenvalue weighted by molar-refractivity contribution is -0.111. The number of anilines is 1. The predicted octanol–water partition coefficient (Wildman–Crippen LogP) is 3.84. The molecule has 124 valence electrons. The third kappa shape index (κ3) is 4.70. The first-order valence-corrected chi connectivity index (χ1v) is 7.84. The molecule has 6 heteroatoms. The van der Waals surface area contributed by atoms with E-state index in [-0.39, 0.29) is 5.78 Å². The van der Waals surface area contributed by atoms with E-state index in [0.717, 1.165) is 4.47 Å². The van der Waals surface area contributed by atoms with Crippen LogP contribution < -0.4 is 14.8 Å². The van der Waals surface area contributed by atoms with E-state index >= 15 is 0 Å². The van der Waals surface area contributed by atoms with Crippen molar-refractivity contribution in [2.45, 2.75) is 0 Å². The Kier molecular flexibility index (Phi) is 6.14. The number of allylic oxidation sites excluding steroid dienone is 1. The van der Waals surface area contributed by atoms with Crippen LogP contribution in [-0.4, -0.2) is 25.9 Å². The van der Waals surface area contributed by atoms with E-state index < -0.39 is 5.91 Å². The van der Waals surface area contributed by atoms with Crippen LogP contribution in [0.5, 0.6) is 11.5 Å². The number of methoxy groups -OCH3 is 2. The van der Waals surface area contributed by atoms with E-state index in [1.165, 1.54) is 19.3 Å². The first-order chi connectivity index (χ1) is 11.5. The molecule has 2 aromatic carbocycles. The van der Waals surface area contributed by atoms with Crippen LogP contribution in [0.15, 0.2) is 59.1 Å². The molecule has 0 aliphatic carbocycles. The van der Waals surface area contributed by atoms with Crippen molar-refractivity contribution in [2.24, 2.45) is 0 Å². The topological polar surface area (TPSA) is 64.6 Å². The number of carbonyl (C=O) groups excluding carboxylic acids is 2. The van der Waals surface area contributed by atoms with Gasteiger partial charge in [-0.15, -0.1) is 0 Å². The molecule has 24 heavy (non-hydrogen) atoms. The molecule has 5 nitrogen and oxygen atoms in total. The Hall–Kier alpha value is -2.60. The molecule has 2 rings (SSSR count). The second-order valence-corrected chi connectivity index (χ2v) is 5.68. The largest absolute Gasteiger partial charge is 0.497 e. The first kappa shape index (κ1) is 17.7. The Bertz CT molecular complexity index is 769. The number of nitrogens with one attached hydrogen (secondary N) is 1. The molecule has 0 bridgehead atoms. The highest BCUT2D eigenvalue weighted by Crippen LogP contribution is 2.28. The maximum absolute atomic E-state index is 12.0. The van der Waals surface area contributed by atoms with Crippen LogP contribution in [0.2, 0.25) is 0 Å². The van der Waals surface area contributed by atoms with Crippen molar-refractivity contribution in [3.05, 3.63) is 64.7 Å². The average Bonchev–Trinajstić information content (AvgIpc) is 2.60. The maximum atomic E-state index is 12.0. The number of rotatable bonds is 6. The Labute approximate surface area is 148 Å². The van der Waals surface area contributed by atoms with Crippen molar-refractivity contribution in [1.29, 1.82) is 0 Å². The minimum atomic E-state index is -0.427. The quantitative estimate of drug-likeness (QED) is 0.601. The van der Waals surface area contributed by atoms with E-state index in [9.17, 15) is 9.59 Å². The van der Waals surface area contributed by atoms with Crippen molar-refractivity contribution in [2.75, 3.05) is 19.5 Å². The van der Waals surface area contributed by atoms with Gasteiger partial charge < -0.3 is 14.8 Å². The van der Waals surface area contributed by atoms with Crippen LogP contribution in [-0.2, 0) is 4.79 Å². The van der Waals surface area contributed by atoms with Crippen molar-refractivity contribution < 1.29 is 19.1 Å². The molecule has 0 saturated heterocycles. The molecule has 0 radical (unpaired) electrons. The zero-order valence-electron chi connectivity index (χ0n) is 13.2. The molecule has 0 heterocycles. The highest BCUT2D eigenvalue weighted by Gasteiger charge is 2.08. The lowest BCUT2D eigenvalue weighted by atomic mass is 10.1. The molecule has 1 N–H and O–H groups in total. The number of halogens is 1. The summed E-state index contributed by atoms with van der Waals surface area (Å²) in [6.45, 7) is 0. The molecule has 0 aliphatic heterocycles. The van der Waals surface area contributed by atoms with Crippen molar-refractivity contribution in [3.63, 3.8) is 0 Å². The van der Waals surface area contributed by atoms with Crippen molar-refractivity contribution in [3.8, 4) is 11.5 Å².